The molecule has 0 radical (unpaired) electrons. The van der Waals surface area contributed by atoms with Gasteiger partial charge in [-0.25, -0.2) is 0 Å². The highest BCUT2D eigenvalue weighted by molar-refractivity contribution is 5.66. The van der Waals surface area contributed by atoms with Crippen LogP contribution < -0.4 is 0 Å². The summed E-state index contributed by atoms with van der Waals surface area (Å²) in [6.45, 7) is 5.61. The van der Waals surface area contributed by atoms with Gasteiger partial charge in [0.05, 0.1) is 0 Å². The normalized spacial score (nSPS) is 11.0. The van der Waals surface area contributed by atoms with E-state index in [1.54, 1.807) is 13.8 Å². The van der Waals surface area contributed by atoms with Gasteiger partial charge in [-0.1, -0.05) is 40.0 Å². The maximum Gasteiger partial charge on any atom is 0.303 e. The van der Waals surface area contributed by atoms with Crippen molar-refractivity contribution in [3.8, 4) is 0 Å². The molecule has 8 nitrogen and oxygen atoms in total. The van der Waals surface area contributed by atoms with Gasteiger partial charge in [0.25, 0.3) is 11.9 Å². The Morgan fingerprint density at radius 2 is 1.09 bits per heavy atom. The van der Waals surface area contributed by atoms with Gasteiger partial charge in [-0.15, -0.1) is 0 Å². The summed E-state index contributed by atoms with van der Waals surface area (Å²) in [7, 11) is 0. The first-order valence-electron chi connectivity index (χ1n) is 7.95. The van der Waals surface area contributed by atoms with Crippen molar-refractivity contribution in [3.05, 3.63) is 0 Å². The lowest BCUT2D eigenvalue weighted by molar-refractivity contribution is -0.315. The summed E-state index contributed by atoms with van der Waals surface area (Å²) in [6, 6.07) is 0. The third-order valence-corrected chi connectivity index (χ3v) is 2.42. The molecule has 7 N–H and O–H groups in total. The largest absolute Gasteiger partial charge is 0.481 e. The Bertz CT molecular complexity index is 239. The SMILES string of the molecule is CCCC(O)(O)O.CCCC(O)(O)O.CCCCCCC(=O)O. The number of carbonyl (C=O) groups is 1. The van der Waals surface area contributed by atoms with E-state index in [4.69, 9.17) is 35.7 Å². The van der Waals surface area contributed by atoms with E-state index in [9.17, 15) is 4.79 Å². The van der Waals surface area contributed by atoms with E-state index >= 15 is 0 Å². The molecule has 0 unspecified atom stereocenters. The Kier molecular flexibility index (Phi) is 19.0. The number of hydrogen-bond donors (Lipinski definition) is 7. The molecule has 0 atom stereocenters. The summed E-state index contributed by atoms with van der Waals surface area (Å²) in [5.74, 6) is -5.57. The molecule has 8 heteroatoms. The zero-order valence-electron chi connectivity index (χ0n) is 14.4. The van der Waals surface area contributed by atoms with Gasteiger partial charge >= 0.3 is 5.97 Å². The van der Waals surface area contributed by atoms with E-state index in [1.807, 2.05) is 0 Å². The van der Waals surface area contributed by atoms with Crippen molar-refractivity contribution in [2.75, 3.05) is 0 Å². The fourth-order valence-corrected chi connectivity index (χ4v) is 1.37. The molecular weight excluding hydrogens is 308 g/mol. The average molecular weight is 342 g/mol. The smallest absolute Gasteiger partial charge is 0.303 e. The molecule has 0 bridgehead atoms. The molecule has 0 amide bonds. The molecule has 0 fully saturated rings. The second-order valence-corrected chi connectivity index (χ2v) is 5.25. The van der Waals surface area contributed by atoms with E-state index in [1.165, 1.54) is 6.42 Å². The third kappa shape index (κ3) is 44.9. The second kappa shape index (κ2) is 16.1. The van der Waals surface area contributed by atoms with Crippen LogP contribution in [0.5, 0.6) is 0 Å². The van der Waals surface area contributed by atoms with E-state index in [0.717, 1.165) is 19.3 Å². The maximum absolute atomic E-state index is 9.96. The molecule has 0 aliphatic carbocycles. The molecular formula is C15H34O8. The van der Waals surface area contributed by atoms with Gasteiger partial charge in [0.1, 0.15) is 0 Å². The predicted molar refractivity (Wildman–Crippen MR) is 85.0 cm³/mol. The highest BCUT2D eigenvalue weighted by Crippen LogP contribution is 2.02. The molecule has 0 heterocycles. The lowest BCUT2D eigenvalue weighted by atomic mass is 10.2. The van der Waals surface area contributed by atoms with E-state index in [2.05, 4.69) is 6.92 Å². The lowest BCUT2D eigenvalue weighted by Gasteiger charge is -2.10. The summed E-state index contributed by atoms with van der Waals surface area (Å²) >= 11 is 0. The highest BCUT2D eigenvalue weighted by Gasteiger charge is 2.15. The first-order chi connectivity index (χ1) is 10.4. The lowest BCUT2D eigenvalue weighted by Crippen LogP contribution is -2.26. The van der Waals surface area contributed by atoms with Crippen molar-refractivity contribution in [1.82, 2.24) is 0 Å². The Morgan fingerprint density at radius 1 is 0.696 bits per heavy atom. The van der Waals surface area contributed by atoms with Crippen molar-refractivity contribution in [2.45, 2.75) is 90.5 Å². The van der Waals surface area contributed by atoms with Gasteiger partial charge in [0.2, 0.25) is 0 Å². The highest BCUT2D eigenvalue weighted by atomic mass is 16.7. The number of unbranched alkanes of at least 4 members (excludes halogenated alkanes) is 3. The number of aliphatic carboxylic acids is 1. The summed E-state index contributed by atoms with van der Waals surface area (Å²) in [5, 5.41) is 57.0. The Balaban J connectivity index is -0.000000264. The number of carboxylic acids is 1. The minimum atomic E-state index is -2.45. The summed E-state index contributed by atoms with van der Waals surface area (Å²) in [6.07, 6.45) is 5.69. The Hall–Kier alpha value is -0.770. The summed E-state index contributed by atoms with van der Waals surface area (Å²) in [4.78, 5) is 9.96. The molecule has 0 aromatic heterocycles. The number of hydrogen-bond acceptors (Lipinski definition) is 7. The van der Waals surface area contributed by atoms with Crippen molar-refractivity contribution in [3.63, 3.8) is 0 Å². The van der Waals surface area contributed by atoms with E-state index in [-0.39, 0.29) is 12.8 Å². The number of aliphatic hydroxyl groups is 6. The number of rotatable bonds is 9. The van der Waals surface area contributed by atoms with E-state index in [0.29, 0.717) is 19.3 Å². The minimum absolute atomic E-state index is 0.00694. The van der Waals surface area contributed by atoms with Crippen LogP contribution in [0.1, 0.15) is 78.6 Å². The molecule has 0 aliphatic heterocycles. The molecule has 0 aromatic carbocycles. The van der Waals surface area contributed by atoms with Crippen LogP contribution in [0.2, 0.25) is 0 Å². The minimum Gasteiger partial charge on any atom is -0.481 e. The molecule has 0 aliphatic rings. The summed E-state index contributed by atoms with van der Waals surface area (Å²) in [5.41, 5.74) is 0. The summed E-state index contributed by atoms with van der Waals surface area (Å²) < 4.78 is 0. The quantitative estimate of drug-likeness (QED) is 0.240. The second-order valence-electron chi connectivity index (χ2n) is 5.25. The van der Waals surface area contributed by atoms with Crippen LogP contribution in [-0.4, -0.2) is 53.7 Å². The van der Waals surface area contributed by atoms with Crippen LogP contribution in [-0.2, 0) is 4.79 Å². The Labute approximate surface area is 138 Å². The average Bonchev–Trinajstić information content (AvgIpc) is 2.33. The van der Waals surface area contributed by atoms with Crippen LogP contribution in [0.3, 0.4) is 0 Å². The van der Waals surface area contributed by atoms with Crippen molar-refractivity contribution >= 4 is 5.97 Å². The predicted octanol–water partition coefficient (Wildman–Crippen LogP) is 0.876. The van der Waals surface area contributed by atoms with Crippen LogP contribution in [0, 0.1) is 0 Å². The van der Waals surface area contributed by atoms with Gasteiger partial charge in [0.15, 0.2) is 0 Å². The van der Waals surface area contributed by atoms with Crippen LogP contribution >= 0.6 is 0 Å². The van der Waals surface area contributed by atoms with Crippen molar-refractivity contribution < 1.29 is 40.5 Å². The van der Waals surface area contributed by atoms with Gasteiger partial charge in [-0.05, 0) is 19.3 Å². The molecule has 0 saturated carbocycles. The monoisotopic (exact) mass is 342 g/mol. The fourth-order valence-electron chi connectivity index (χ4n) is 1.37. The van der Waals surface area contributed by atoms with Crippen LogP contribution in [0.25, 0.3) is 0 Å². The van der Waals surface area contributed by atoms with Crippen molar-refractivity contribution in [2.24, 2.45) is 0 Å². The zero-order chi connectivity index (χ0) is 18.9. The van der Waals surface area contributed by atoms with Crippen LogP contribution in [0.15, 0.2) is 0 Å². The fraction of sp³-hybridized carbons (Fsp3) is 0.933. The number of carboxylic acid groups (broad SMARTS) is 1. The molecule has 0 aromatic rings. The molecule has 142 valence electrons. The Morgan fingerprint density at radius 3 is 1.26 bits per heavy atom. The van der Waals surface area contributed by atoms with Crippen molar-refractivity contribution in [1.29, 1.82) is 0 Å². The van der Waals surface area contributed by atoms with Gasteiger partial charge in [0, 0.05) is 19.3 Å². The first-order valence-corrected chi connectivity index (χ1v) is 7.95. The molecule has 0 spiro atoms. The van der Waals surface area contributed by atoms with E-state index < -0.39 is 17.9 Å². The molecule has 0 saturated heterocycles. The van der Waals surface area contributed by atoms with Crippen LogP contribution in [0.4, 0.5) is 0 Å². The maximum atomic E-state index is 9.96. The molecule has 23 heavy (non-hydrogen) atoms. The van der Waals surface area contributed by atoms with Gasteiger partial charge in [-0.2, -0.15) is 0 Å². The molecule has 0 rings (SSSR count). The topological polar surface area (TPSA) is 159 Å². The first kappa shape index (κ1) is 27.1. The zero-order valence-corrected chi connectivity index (χ0v) is 14.4. The van der Waals surface area contributed by atoms with Gasteiger partial charge in [-0.3, -0.25) is 4.79 Å². The standard InChI is InChI=1S/C7H14O2.2C4H10O3/c1-2-3-4-5-6-7(8)9;2*1-2-3-4(5,6)7/h2-6H2,1H3,(H,8,9);2*5-7H,2-3H2,1H3. The third-order valence-electron chi connectivity index (χ3n) is 2.42. The van der Waals surface area contributed by atoms with Gasteiger partial charge < -0.3 is 35.7 Å².